The lowest BCUT2D eigenvalue weighted by Gasteiger charge is -2.29. The molecule has 4 heteroatoms. The fourth-order valence-electron chi connectivity index (χ4n) is 2.19. The fraction of sp³-hybridized carbons (Fsp3) is 0.833. The zero-order chi connectivity index (χ0) is 11.9. The van der Waals surface area contributed by atoms with E-state index in [9.17, 15) is 9.59 Å². The Morgan fingerprint density at radius 1 is 1.19 bits per heavy atom. The Kier molecular flexibility index (Phi) is 2.91. The van der Waals surface area contributed by atoms with Gasteiger partial charge in [-0.1, -0.05) is 6.92 Å². The molecule has 2 atom stereocenters. The van der Waals surface area contributed by atoms with E-state index in [-0.39, 0.29) is 17.9 Å². The number of carbonyl (C=O) groups excluding carboxylic acids is 1. The molecule has 0 bridgehead atoms. The molecule has 2 aliphatic carbocycles. The van der Waals surface area contributed by atoms with Crippen molar-refractivity contribution in [1.82, 2.24) is 4.90 Å². The Labute approximate surface area is 95.6 Å². The topological polar surface area (TPSA) is 57.6 Å². The van der Waals surface area contributed by atoms with Gasteiger partial charge in [-0.3, -0.25) is 4.79 Å². The van der Waals surface area contributed by atoms with Crippen LogP contribution in [-0.4, -0.2) is 34.0 Å². The third kappa shape index (κ3) is 2.20. The molecular weight excluding hydrogens is 206 g/mol. The third-order valence-corrected chi connectivity index (χ3v) is 3.69. The summed E-state index contributed by atoms with van der Waals surface area (Å²) in [6.45, 7) is 3.54. The van der Waals surface area contributed by atoms with E-state index in [2.05, 4.69) is 0 Å². The van der Waals surface area contributed by atoms with Crippen LogP contribution in [0.5, 0.6) is 0 Å². The number of nitrogens with zero attached hydrogens (tertiary/aromatic N) is 1. The van der Waals surface area contributed by atoms with Crippen LogP contribution < -0.4 is 0 Å². The van der Waals surface area contributed by atoms with E-state index in [0.717, 1.165) is 25.7 Å². The van der Waals surface area contributed by atoms with Gasteiger partial charge in [-0.15, -0.1) is 0 Å². The van der Waals surface area contributed by atoms with Crippen molar-refractivity contribution in [3.63, 3.8) is 0 Å². The van der Waals surface area contributed by atoms with Crippen molar-refractivity contribution in [2.45, 2.75) is 51.6 Å². The largest absolute Gasteiger partial charge is 0.480 e. The van der Waals surface area contributed by atoms with Gasteiger partial charge in [0.05, 0.1) is 0 Å². The van der Waals surface area contributed by atoms with Gasteiger partial charge in [0, 0.05) is 12.0 Å². The van der Waals surface area contributed by atoms with E-state index in [1.807, 2.05) is 6.92 Å². The highest BCUT2D eigenvalue weighted by Gasteiger charge is 2.43. The first kappa shape index (κ1) is 11.4. The SMILES string of the molecule is CC(C(=O)N(C1CC1)C(C)C(=O)O)C1CC1. The smallest absolute Gasteiger partial charge is 0.326 e. The van der Waals surface area contributed by atoms with Crippen LogP contribution in [0.2, 0.25) is 0 Å². The molecule has 0 radical (unpaired) electrons. The standard InChI is InChI=1S/C12H19NO3/c1-7(9-3-4-9)11(14)13(10-5-6-10)8(2)12(15)16/h7-10H,3-6H2,1-2H3,(H,15,16). The van der Waals surface area contributed by atoms with Crippen LogP contribution in [0.1, 0.15) is 39.5 Å². The molecule has 0 aliphatic heterocycles. The summed E-state index contributed by atoms with van der Waals surface area (Å²) in [5.74, 6) is -0.361. The first-order valence-corrected chi connectivity index (χ1v) is 6.07. The molecular formula is C12H19NO3. The molecule has 0 aromatic heterocycles. The predicted molar refractivity (Wildman–Crippen MR) is 58.9 cm³/mol. The Morgan fingerprint density at radius 3 is 2.12 bits per heavy atom. The van der Waals surface area contributed by atoms with Crippen molar-refractivity contribution >= 4 is 11.9 Å². The van der Waals surface area contributed by atoms with Crippen molar-refractivity contribution in [2.75, 3.05) is 0 Å². The predicted octanol–water partition coefficient (Wildman–Crippen LogP) is 1.50. The van der Waals surface area contributed by atoms with Crippen LogP contribution in [-0.2, 0) is 9.59 Å². The summed E-state index contributed by atoms with van der Waals surface area (Å²) in [6, 6.07) is -0.499. The van der Waals surface area contributed by atoms with Crippen molar-refractivity contribution in [3.05, 3.63) is 0 Å². The highest BCUT2D eigenvalue weighted by atomic mass is 16.4. The summed E-state index contributed by atoms with van der Waals surface area (Å²) in [5.41, 5.74) is 0. The molecule has 0 aromatic rings. The van der Waals surface area contributed by atoms with Gasteiger partial charge in [-0.05, 0) is 38.5 Å². The van der Waals surface area contributed by atoms with E-state index in [0.29, 0.717) is 5.92 Å². The van der Waals surface area contributed by atoms with E-state index < -0.39 is 12.0 Å². The van der Waals surface area contributed by atoms with E-state index in [1.165, 1.54) is 0 Å². The van der Waals surface area contributed by atoms with Gasteiger partial charge in [0.15, 0.2) is 0 Å². The Hall–Kier alpha value is -1.06. The second-order valence-corrected chi connectivity index (χ2v) is 5.12. The maximum atomic E-state index is 12.2. The Morgan fingerprint density at radius 2 is 1.75 bits per heavy atom. The summed E-state index contributed by atoms with van der Waals surface area (Å²) in [5, 5.41) is 9.02. The first-order chi connectivity index (χ1) is 7.52. The minimum atomic E-state index is -0.900. The summed E-state index contributed by atoms with van der Waals surface area (Å²) < 4.78 is 0. The molecule has 0 spiro atoms. The summed E-state index contributed by atoms with van der Waals surface area (Å²) in [4.78, 5) is 24.8. The van der Waals surface area contributed by atoms with Crippen LogP contribution >= 0.6 is 0 Å². The molecule has 1 N–H and O–H groups in total. The summed E-state index contributed by atoms with van der Waals surface area (Å²) in [7, 11) is 0. The number of amides is 1. The molecule has 2 fully saturated rings. The maximum absolute atomic E-state index is 12.2. The molecule has 16 heavy (non-hydrogen) atoms. The molecule has 2 rings (SSSR count). The molecule has 4 nitrogen and oxygen atoms in total. The number of aliphatic carboxylic acids is 1. The number of rotatable bonds is 5. The molecule has 2 aliphatic rings. The average Bonchev–Trinajstić information content (AvgIpc) is 3.07. The monoisotopic (exact) mass is 225 g/mol. The average molecular weight is 225 g/mol. The molecule has 0 heterocycles. The van der Waals surface area contributed by atoms with Gasteiger partial charge in [-0.2, -0.15) is 0 Å². The van der Waals surface area contributed by atoms with Gasteiger partial charge in [0.1, 0.15) is 6.04 Å². The van der Waals surface area contributed by atoms with Gasteiger partial charge in [0.2, 0.25) is 5.91 Å². The lowest BCUT2D eigenvalue weighted by atomic mass is 10.0. The van der Waals surface area contributed by atoms with Crippen LogP contribution in [0, 0.1) is 11.8 Å². The van der Waals surface area contributed by atoms with Crippen LogP contribution in [0.3, 0.4) is 0 Å². The maximum Gasteiger partial charge on any atom is 0.326 e. The molecule has 0 saturated heterocycles. The minimum Gasteiger partial charge on any atom is -0.480 e. The number of carbonyl (C=O) groups is 2. The number of hydrogen-bond acceptors (Lipinski definition) is 2. The number of carboxylic acids is 1. The molecule has 0 aromatic carbocycles. The van der Waals surface area contributed by atoms with Crippen molar-refractivity contribution in [3.8, 4) is 0 Å². The quantitative estimate of drug-likeness (QED) is 0.771. The highest BCUT2D eigenvalue weighted by Crippen LogP contribution is 2.39. The van der Waals surface area contributed by atoms with Gasteiger partial charge < -0.3 is 10.0 Å². The number of carboxylic acid groups (broad SMARTS) is 1. The molecule has 90 valence electrons. The van der Waals surface area contributed by atoms with Crippen LogP contribution in [0.15, 0.2) is 0 Å². The van der Waals surface area contributed by atoms with Crippen molar-refractivity contribution < 1.29 is 14.7 Å². The lowest BCUT2D eigenvalue weighted by molar-refractivity contribution is -0.152. The van der Waals surface area contributed by atoms with E-state index in [1.54, 1.807) is 11.8 Å². The van der Waals surface area contributed by atoms with Crippen molar-refractivity contribution in [1.29, 1.82) is 0 Å². The summed E-state index contributed by atoms with van der Waals surface area (Å²) >= 11 is 0. The summed E-state index contributed by atoms with van der Waals surface area (Å²) in [6.07, 6.45) is 4.15. The highest BCUT2D eigenvalue weighted by molar-refractivity contribution is 5.85. The fourth-order valence-corrected chi connectivity index (χ4v) is 2.19. The zero-order valence-corrected chi connectivity index (χ0v) is 9.85. The van der Waals surface area contributed by atoms with Crippen molar-refractivity contribution in [2.24, 2.45) is 11.8 Å². The lowest BCUT2D eigenvalue weighted by Crippen LogP contribution is -2.47. The molecule has 2 unspecified atom stereocenters. The molecule has 1 amide bonds. The first-order valence-electron chi connectivity index (χ1n) is 6.07. The third-order valence-electron chi connectivity index (χ3n) is 3.69. The van der Waals surface area contributed by atoms with Gasteiger partial charge in [-0.25, -0.2) is 4.79 Å². The van der Waals surface area contributed by atoms with E-state index in [4.69, 9.17) is 5.11 Å². The van der Waals surface area contributed by atoms with Crippen LogP contribution in [0.25, 0.3) is 0 Å². The second kappa shape index (κ2) is 4.07. The number of hydrogen-bond donors (Lipinski definition) is 1. The van der Waals surface area contributed by atoms with Crippen LogP contribution in [0.4, 0.5) is 0 Å². The van der Waals surface area contributed by atoms with Gasteiger partial charge >= 0.3 is 5.97 Å². The normalized spacial score (nSPS) is 23.6. The van der Waals surface area contributed by atoms with E-state index >= 15 is 0 Å². The minimum absolute atomic E-state index is 0.00222. The Balaban J connectivity index is 2.05. The van der Waals surface area contributed by atoms with Gasteiger partial charge in [0.25, 0.3) is 0 Å². The Bertz CT molecular complexity index is 307. The zero-order valence-electron chi connectivity index (χ0n) is 9.85. The second-order valence-electron chi connectivity index (χ2n) is 5.12. The molecule has 2 saturated carbocycles.